The molecule has 0 radical (unpaired) electrons. The van der Waals surface area contributed by atoms with Crippen LogP contribution in [-0.2, 0) is 4.74 Å². The van der Waals surface area contributed by atoms with Gasteiger partial charge in [0.1, 0.15) is 0 Å². The molecule has 0 spiro atoms. The summed E-state index contributed by atoms with van der Waals surface area (Å²) in [6.45, 7) is 7.02. The molecule has 0 saturated heterocycles. The second-order valence-electron chi connectivity index (χ2n) is 4.94. The van der Waals surface area contributed by atoms with Crippen LogP contribution in [0.2, 0.25) is 0 Å². The van der Waals surface area contributed by atoms with Crippen LogP contribution in [-0.4, -0.2) is 25.2 Å². The standard InChI is InChI=1S/C15H22N2O3/c1-4-9-20-14(18)12-5-7-13(8-6-12)17-15(19)16-10-11(2)3/h5-8,11H,4,9-10H2,1-3H3,(H2,16,17,19). The Balaban J connectivity index is 2.50. The van der Waals surface area contributed by atoms with Crippen molar-refractivity contribution in [1.82, 2.24) is 5.32 Å². The molecule has 2 amide bonds. The van der Waals surface area contributed by atoms with E-state index in [9.17, 15) is 9.59 Å². The Morgan fingerprint density at radius 1 is 1.20 bits per heavy atom. The fourth-order valence-electron chi connectivity index (χ4n) is 1.44. The van der Waals surface area contributed by atoms with E-state index in [1.165, 1.54) is 0 Å². The van der Waals surface area contributed by atoms with Crippen LogP contribution in [0.1, 0.15) is 37.6 Å². The normalized spacial score (nSPS) is 10.2. The van der Waals surface area contributed by atoms with Gasteiger partial charge in [0.15, 0.2) is 0 Å². The summed E-state index contributed by atoms with van der Waals surface area (Å²) in [6, 6.07) is 6.38. The van der Waals surface area contributed by atoms with Crippen molar-refractivity contribution in [3.63, 3.8) is 0 Å². The summed E-state index contributed by atoms with van der Waals surface area (Å²) in [6.07, 6.45) is 0.793. The van der Waals surface area contributed by atoms with Gasteiger partial charge in [-0.1, -0.05) is 20.8 Å². The van der Waals surface area contributed by atoms with Gasteiger partial charge in [0.2, 0.25) is 0 Å². The number of anilines is 1. The van der Waals surface area contributed by atoms with E-state index < -0.39 is 0 Å². The highest BCUT2D eigenvalue weighted by molar-refractivity contribution is 5.92. The molecule has 0 aliphatic rings. The van der Waals surface area contributed by atoms with Crippen LogP contribution in [0.5, 0.6) is 0 Å². The predicted molar refractivity (Wildman–Crippen MR) is 78.9 cm³/mol. The molecule has 5 heteroatoms. The molecule has 5 nitrogen and oxygen atoms in total. The molecule has 110 valence electrons. The Hall–Kier alpha value is -2.04. The Morgan fingerprint density at radius 3 is 2.40 bits per heavy atom. The zero-order valence-corrected chi connectivity index (χ0v) is 12.2. The minimum Gasteiger partial charge on any atom is -0.462 e. The molecule has 0 bridgehead atoms. The lowest BCUT2D eigenvalue weighted by molar-refractivity contribution is 0.0505. The van der Waals surface area contributed by atoms with E-state index >= 15 is 0 Å². The monoisotopic (exact) mass is 278 g/mol. The van der Waals surface area contributed by atoms with Gasteiger partial charge in [0, 0.05) is 12.2 Å². The van der Waals surface area contributed by atoms with Gasteiger partial charge in [0.05, 0.1) is 12.2 Å². The summed E-state index contributed by atoms with van der Waals surface area (Å²) in [5.41, 5.74) is 1.12. The number of carbonyl (C=O) groups is 2. The van der Waals surface area contributed by atoms with Gasteiger partial charge >= 0.3 is 12.0 Å². The molecule has 0 aromatic heterocycles. The molecular weight excluding hydrogens is 256 g/mol. The van der Waals surface area contributed by atoms with Crippen LogP contribution in [0.15, 0.2) is 24.3 Å². The topological polar surface area (TPSA) is 67.4 Å². The smallest absolute Gasteiger partial charge is 0.338 e. The average Bonchev–Trinajstić information content (AvgIpc) is 2.43. The second-order valence-corrected chi connectivity index (χ2v) is 4.94. The third-order valence-electron chi connectivity index (χ3n) is 2.49. The first kappa shape index (κ1) is 16.0. The van der Waals surface area contributed by atoms with Crippen molar-refractivity contribution in [2.75, 3.05) is 18.5 Å². The number of rotatable bonds is 6. The molecule has 0 heterocycles. The second kappa shape index (κ2) is 8.19. The van der Waals surface area contributed by atoms with Crippen molar-refractivity contribution < 1.29 is 14.3 Å². The van der Waals surface area contributed by atoms with E-state index in [0.717, 1.165) is 6.42 Å². The summed E-state index contributed by atoms with van der Waals surface area (Å²) >= 11 is 0. The highest BCUT2D eigenvalue weighted by atomic mass is 16.5. The van der Waals surface area contributed by atoms with Gasteiger partial charge in [-0.2, -0.15) is 0 Å². The van der Waals surface area contributed by atoms with Crippen molar-refractivity contribution in [3.8, 4) is 0 Å². The first-order valence-electron chi connectivity index (χ1n) is 6.85. The Bertz CT molecular complexity index is 441. The minimum absolute atomic E-state index is 0.250. The van der Waals surface area contributed by atoms with Gasteiger partial charge in [-0.25, -0.2) is 9.59 Å². The maximum absolute atomic E-state index is 11.6. The number of urea groups is 1. The van der Waals surface area contributed by atoms with E-state index in [1.54, 1.807) is 24.3 Å². The summed E-state index contributed by atoms with van der Waals surface area (Å²) in [4.78, 5) is 23.2. The number of nitrogens with one attached hydrogen (secondary N) is 2. The Kier molecular flexibility index (Phi) is 6.56. The summed E-state index contributed by atoms with van der Waals surface area (Å²) < 4.78 is 5.02. The Morgan fingerprint density at radius 2 is 1.85 bits per heavy atom. The number of esters is 1. The molecule has 0 unspecified atom stereocenters. The lowest BCUT2D eigenvalue weighted by atomic mass is 10.2. The number of carbonyl (C=O) groups excluding carboxylic acids is 2. The Labute approximate surface area is 119 Å². The van der Waals surface area contributed by atoms with Crippen molar-refractivity contribution in [3.05, 3.63) is 29.8 Å². The van der Waals surface area contributed by atoms with Crippen molar-refractivity contribution in [1.29, 1.82) is 0 Å². The maximum Gasteiger partial charge on any atom is 0.338 e. The third-order valence-corrected chi connectivity index (χ3v) is 2.49. The number of hydrogen-bond donors (Lipinski definition) is 2. The maximum atomic E-state index is 11.6. The molecule has 0 saturated carbocycles. The number of hydrogen-bond acceptors (Lipinski definition) is 3. The van der Waals surface area contributed by atoms with E-state index in [2.05, 4.69) is 10.6 Å². The van der Waals surface area contributed by atoms with Crippen LogP contribution in [0.4, 0.5) is 10.5 Å². The summed E-state index contributed by atoms with van der Waals surface area (Å²) in [5.74, 6) is 0.0547. The number of ether oxygens (including phenoxy) is 1. The molecule has 0 aliphatic heterocycles. The van der Waals surface area contributed by atoms with Crippen LogP contribution in [0.3, 0.4) is 0 Å². The van der Waals surface area contributed by atoms with E-state index in [4.69, 9.17) is 4.74 Å². The zero-order chi connectivity index (χ0) is 15.0. The molecular formula is C15H22N2O3. The van der Waals surface area contributed by atoms with Gasteiger partial charge in [-0.15, -0.1) is 0 Å². The van der Waals surface area contributed by atoms with Crippen LogP contribution < -0.4 is 10.6 Å². The molecule has 20 heavy (non-hydrogen) atoms. The summed E-state index contributed by atoms with van der Waals surface area (Å²) in [5, 5.41) is 5.46. The first-order chi connectivity index (χ1) is 9.52. The quantitative estimate of drug-likeness (QED) is 0.786. The van der Waals surface area contributed by atoms with Crippen molar-refractivity contribution in [2.24, 2.45) is 5.92 Å². The summed E-state index contributed by atoms with van der Waals surface area (Å²) in [7, 11) is 0. The number of amides is 2. The zero-order valence-electron chi connectivity index (χ0n) is 12.2. The molecule has 2 N–H and O–H groups in total. The average molecular weight is 278 g/mol. The van der Waals surface area contributed by atoms with Crippen molar-refractivity contribution in [2.45, 2.75) is 27.2 Å². The third kappa shape index (κ3) is 5.73. The SMILES string of the molecule is CCCOC(=O)c1ccc(NC(=O)NCC(C)C)cc1. The van der Waals surface area contributed by atoms with E-state index in [1.807, 2.05) is 20.8 Å². The van der Waals surface area contributed by atoms with E-state index in [-0.39, 0.29) is 12.0 Å². The van der Waals surface area contributed by atoms with Gasteiger partial charge in [-0.05, 0) is 36.6 Å². The van der Waals surface area contributed by atoms with Gasteiger partial charge in [0.25, 0.3) is 0 Å². The molecule has 1 aromatic carbocycles. The van der Waals surface area contributed by atoms with E-state index in [0.29, 0.717) is 30.3 Å². The molecule has 1 aromatic rings. The highest BCUT2D eigenvalue weighted by Gasteiger charge is 2.07. The van der Waals surface area contributed by atoms with Gasteiger partial charge < -0.3 is 15.4 Å². The molecule has 1 rings (SSSR count). The highest BCUT2D eigenvalue weighted by Crippen LogP contribution is 2.10. The lowest BCUT2D eigenvalue weighted by Gasteiger charge is -2.09. The van der Waals surface area contributed by atoms with Crippen LogP contribution in [0.25, 0.3) is 0 Å². The predicted octanol–water partition coefficient (Wildman–Crippen LogP) is 3.03. The van der Waals surface area contributed by atoms with Crippen molar-refractivity contribution >= 4 is 17.7 Å². The molecule has 0 fully saturated rings. The molecule has 0 atom stereocenters. The minimum atomic E-state index is -0.345. The van der Waals surface area contributed by atoms with Crippen LogP contribution >= 0.6 is 0 Å². The van der Waals surface area contributed by atoms with Gasteiger partial charge in [-0.3, -0.25) is 0 Å². The molecule has 0 aliphatic carbocycles. The lowest BCUT2D eigenvalue weighted by Crippen LogP contribution is -2.31. The van der Waals surface area contributed by atoms with Crippen LogP contribution in [0, 0.1) is 5.92 Å². The largest absolute Gasteiger partial charge is 0.462 e. The first-order valence-corrected chi connectivity index (χ1v) is 6.85. The fraction of sp³-hybridized carbons (Fsp3) is 0.467. The fourth-order valence-corrected chi connectivity index (χ4v) is 1.44. The number of benzene rings is 1.